The van der Waals surface area contributed by atoms with E-state index < -0.39 is 0 Å². The van der Waals surface area contributed by atoms with Crippen LogP contribution in [0.3, 0.4) is 0 Å². The first-order valence-electron chi connectivity index (χ1n) is 7.26. The third-order valence-electron chi connectivity index (χ3n) is 3.09. The van der Waals surface area contributed by atoms with E-state index in [0.29, 0.717) is 0 Å². The first kappa shape index (κ1) is 16.0. The maximum Gasteiger partial charge on any atom is 0.0832 e. The van der Waals surface area contributed by atoms with Gasteiger partial charge in [-0.15, -0.1) is 0 Å². The molecule has 0 aliphatic heterocycles. The number of hydrogen-bond donors (Lipinski definition) is 0. The summed E-state index contributed by atoms with van der Waals surface area (Å²) in [6, 6.07) is 0. The zero-order valence-corrected chi connectivity index (χ0v) is 11.5. The van der Waals surface area contributed by atoms with Gasteiger partial charge in [-0.05, 0) is 6.42 Å². The minimum Gasteiger partial charge on any atom is -0.379 e. The van der Waals surface area contributed by atoms with E-state index in [1.165, 1.54) is 70.6 Å². The van der Waals surface area contributed by atoms with Crippen molar-refractivity contribution in [3.8, 4) is 0 Å². The van der Waals surface area contributed by atoms with Crippen molar-refractivity contribution >= 4 is 0 Å². The number of unbranched alkanes of at least 4 members (excludes halogenated alkanes) is 11. The topological polar surface area (TPSA) is 9.23 Å². The average Bonchev–Trinajstić information content (AvgIpc) is 2.31. The Balaban J connectivity index is 2.83. The Labute approximate surface area is 103 Å². The highest BCUT2D eigenvalue weighted by Crippen LogP contribution is 2.12. The minimum atomic E-state index is 1.12. The van der Waals surface area contributed by atoms with Crippen molar-refractivity contribution < 1.29 is 4.74 Å². The van der Waals surface area contributed by atoms with E-state index in [1.54, 1.807) is 7.11 Å². The lowest BCUT2D eigenvalue weighted by Crippen LogP contribution is -1.83. The second kappa shape index (κ2) is 15.0. The summed E-state index contributed by atoms with van der Waals surface area (Å²) < 4.78 is 4.91. The van der Waals surface area contributed by atoms with E-state index in [2.05, 4.69) is 6.92 Å². The first-order chi connectivity index (χ1) is 7.91. The molecule has 0 rings (SSSR count). The number of ether oxygens (including phenoxy) is 1. The van der Waals surface area contributed by atoms with E-state index in [0.717, 1.165) is 6.42 Å². The van der Waals surface area contributed by atoms with Crippen molar-refractivity contribution in [3.05, 3.63) is 6.61 Å². The molecule has 1 nitrogen and oxygen atoms in total. The third-order valence-corrected chi connectivity index (χ3v) is 3.09. The van der Waals surface area contributed by atoms with Crippen LogP contribution in [0.4, 0.5) is 0 Å². The highest BCUT2D eigenvalue weighted by atomic mass is 16.5. The van der Waals surface area contributed by atoms with Crippen LogP contribution in [0.25, 0.3) is 0 Å². The van der Waals surface area contributed by atoms with Gasteiger partial charge in [-0.1, -0.05) is 77.6 Å². The van der Waals surface area contributed by atoms with Gasteiger partial charge in [0.25, 0.3) is 0 Å². The molecule has 0 fully saturated rings. The number of rotatable bonds is 13. The highest BCUT2D eigenvalue weighted by Gasteiger charge is 1.93. The molecule has 0 bridgehead atoms. The van der Waals surface area contributed by atoms with E-state index in [-0.39, 0.29) is 0 Å². The molecule has 0 heterocycles. The standard InChI is InChI=1S/C15H31O/c1-3-4-5-6-7-8-9-10-11-12-13-14-15-16-2/h15H,3-14H2,1-2H3. The fourth-order valence-corrected chi connectivity index (χ4v) is 2.01. The Morgan fingerprint density at radius 2 is 1.12 bits per heavy atom. The summed E-state index contributed by atoms with van der Waals surface area (Å²) in [6.45, 7) is 4.19. The van der Waals surface area contributed by atoms with Crippen molar-refractivity contribution in [2.24, 2.45) is 0 Å². The van der Waals surface area contributed by atoms with Crippen molar-refractivity contribution in [1.29, 1.82) is 0 Å². The van der Waals surface area contributed by atoms with Crippen LogP contribution >= 0.6 is 0 Å². The van der Waals surface area contributed by atoms with Crippen LogP contribution in [0.1, 0.15) is 84.0 Å². The lowest BCUT2D eigenvalue weighted by Gasteiger charge is -2.02. The Morgan fingerprint density at radius 3 is 1.56 bits per heavy atom. The van der Waals surface area contributed by atoms with E-state index >= 15 is 0 Å². The van der Waals surface area contributed by atoms with Crippen LogP contribution in [0.15, 0.2) is 0 Å². The summed E-state index contributed by atoms with van der Waals surface area (Å²) in [5.74, 6) is 0. The van der Waals surface area contributed by atoms with Crippen molar-refractivity contribution in [3.63, 3.8) is 0 Å². The van der Waals surface area contributed by atoms with Crippen molar-refractivity contribution in [1.82, 2.24) is 0 Å². The van der Waals surface area contributed by atoms with Gasteiger partial charge >= 0.3 is 0 Å². The van der Waals surface area contributed by atoms with E-state index in [1.807, 2.05) is 6.61 Å². The second-order valence-corrected chi connectivity index (χ2v) is 4.73. The number of methoxy groups -OCH3 is 1. The molecule has 0 aromatic heterocycles. The smallest absolute Gasteiger partial charge is 0.0832 e. The normalized spacial score (nSPS) is 10.9. The summed E-state index contributed by atoms with van der Waals surface area (Å²) >= 11 is 0. The SMILES string of the molecule is CCCCCCCCCCCCC[CH]OC. The number of hydrogen-bond acceptors (Lipinski definition) is 1. The summed E-state index contributed by atoms with van der Waals surface area (Å²) in [6.07, 6.45) is 16.7. The molecule has 1 radical (unpaired) electrons. The molecule has 0 aliphatic rings. The quantitative estimate of drug-likeness (QED) is 0.378. The van der Waals surface area contributed by atoms with Gasteiger partial charge < -0.3 is 4.74 Å². The Bertz CT molecular complexity index is 98.0. The van der Waals surface area contributed by atoms with Gasteiger partial charge in [0.1, 0.15) is 0 Å². The van der Waals surface area contributed by atoms with Crippen LogP contribution in [-0.4, -0.2) is 7.11 Å². The van der Waals surface area contributed by atoms with Crippen LogP contribution in [0.2, 0.25) is 0 Å². The fraction of sp³-hybridized carbons (Fsp3) is 0.933. The predicted molar refractivity (Wildman–Crippen MR) is 72.4 cm³/mol. The molecule has 0 saturated carbocycles. The minimum absolute atomic E-state index is 1.12. The van der Waals surface area contributed by atoms with Gasteiger partial charge in [-0.2, -0.15) is 0 Å². The summed E-state index contributed by atoms with van der Waals surface area (Å²) in [5, 5.41) is 0. The Morgan fingerprint density at radius 1 is 0.688 bits per heavy atom. The molecule has 0 aromatic carbocycles. The second-order valence-electron chi connectivity index (χ2n) is 4.73. The Kier molecular flexibility index (Phi) is 14.9. The zero-order chi connectivity index (χ0) is 11.9. The molecule has 0 spiro atoms. The fourth-order valence-electron chi connectivity index (χ4n) is 2.01. The monoisotopic (exact) mass is 227 g/mol. The van der Waals surface area contributed by atoms with Gasteiger partial charge in [0.15, 0.2) is 0 Å². The summed E-state index contributed by atoms with van der Waals surface area (Å²) in [5.41, 5.74) is 0. The average molecular weight is 227 g/mol. The van der Waals surface area contributed by atoms with Crippen LogP contribution in [-0.2, 0) is 4.74 Å². The molecule has 0 unspecified atom stereocenters. The van der Waals surface area contributed by atoms with Crippen LogP contribution in [0, 0.1) is 6.61 Å². The summed E-state index contributed by atoms with van der Waals surface area (Å²) in [4.78, 5) is 0. The molecule has 1 heteroatoms. The predicted octanol–water partition coefficient (Wildman–Crippen LogP) is 5.50. The van der Waals surface area contributed by atoms with E-state index in [4.69, 9.17) is 4.74 Å². The van der Waals surface area contributed by atoms with Crippen molar-refractivity contribution in [2.75, 3.05) is 7.11 Å². The zero-order valence-electron chi connectivity index (χ0n) is 11.5. The highest BCUT2D eigenvalue weighted by molar-refractivity contribution is 4.52. The molecule has 0 atom stereocenters. The molecule has 0 amide bonds. The van der Waals surface area contributed by atoms with E-state index in [9.17, 15) is 0 Å². The molecule has 0 aliphatic carbocycles. The Hall–Kier alpha value is -0.0400. The maximum absolute atomic E-state index is 4.91. The lowest BCUT2D eigenvalue weighted by atomic mass is 10.1. The van der Waals surface area contributed by atoms with Gasteiger partial charge in [-0.3, -0.25) is 0 Å². The lowest BCUT2D eigenvalue weighted by molar-refractivity contribution is 0.262. The first-order valence-corrected chi connectivity index (χ1v) is 7.26. The molecule has 0 aromatic rings. The molecule has 97 valence electrons. The molecular weight excluding hydrogens is 196 g/mol. The van der Waals surface area contributed by atoms with Gasteiger partial charge in [0, 0.05) is 7.11 Å². The largest absolute Gasteiger partial charge is 0.379 e. The summed E-state index contributed by atoms with van der Waals surface area (Å²) in [7, 11) is 1.73. The molecular formula is C15H31O. The molecule has 16 heavy (non-hydrogen) atoms. The van der Waals surface area contributed by atoms with Crippen molar-refractivity contribution in [2.45, 2.75) is 84.0 Å². The van der Waals surface area contributed by atoms with Gasteiger partial charge in [0.2, 0.25) is 0 Å². The van der Waals surface area contributed by atoms with Crippen LogP contribution in [0.5, 0.6) is 0 Å². The maximum atomic E-state index is 4.91. The van der Waals surface area contributed by atoms with Gasteiger partial charge in [-0.25, -0.2) is 0 Å². The molecule has 0 saturated heterocycles. The third kappa shape index (κ3) is 14.0. The molecule has 0 N–H and O–H groups in total. The van der Waals surface area contributed by atoms with Gasteiger partial charge in [0.05, 0.1) is 6.61 Å². The van der Waals surface area contributed by atoms with Crippen LogP contribution < -0.4 is 0 Å².